The van der Waals surface area contributed by atoms with Gasteiger partial charge >= 0.3 is 5.97 Å². The van der Waals surface area contributed by atoms with E-state index in [0.29, 0.717) is 5.92 Å². The van der Waals surface area contributed by atoms with Crippen LogP contribution >= 0.6 is 0 Å². The van der Waals surface area contributed by atoms with Gasteiger partial charge in [0.15, 0.2) is 0 Å². The van der Waals surface area contributed by atoms with Gasteiger partial charge in [-0.3, -0.25) is 4.79 Å². The third-order valence-electron chi connectivity index (χ3n) is 6.95. The average molecular weight is 425 g/mol. The molecule has 2 heteroatoms. The third-order valence-corrected chi connectivity index (χ3v) is 6.95. The number of carboxylic acid groups (broad SMARTS) is 1. The molecule has 0 bridgehead atoms. The van der Waals surface area contributed by atoms with Crippen molar-refractivity contribution >= 4 is 5.97 Å². The Bertz CT molecular complexity index is 379. The molecule has 0 spiro atoms. The van der Waals surface area contributed by atoms with Crippen molar-refractivity contribution < 1.29 is 9.90 Å². The number of carboxylic acids is 1. The Labute approximate surface area is 190 Å². The summed E-state index contributed by atoms with van der Waals surface area (Å²) in [6.45, 7) is 8.79. The van der Waals surface area contributed by atoms with E-state index in [4.69, 9.17) is 0 Å². The molecule has 1 N–H and O–H groups in total. The first-order valence-electron chi connectivity index (χ1n) is 13.7. The van der Waals surface area contributed by atoms with Gasteiger partial charge in [-0.1, -0.05) is 143 Å². The van der Waals surface area contributed by atoms with Gasteiger partial charge in [0.2, 0.25) is 0 Å². The number of rotatable bonds is 23. The highest BCUT2D eigenvalue weighted by Gasteiger charge is 2.33. The van der Waals surface area contributed by atoms with Crippen LogP contribution in [0.4, 0.5) is 0 Å². The second kappa shape index (κ2) is 20.4. The lowest BCUT2D eigenvalue weighted by Crippen LogP contribution is -2.29. The summed E-state index contributed by atoms with van der Waals surface area (Å²) in [4.78, 5) is 11.9. The predicted octanol–water partition coefficient (Wildman–Crippen LogP) is 9.95. The summed E-state index contributed by atoms with van der Waals surface area (Å²) in [7, 11) is 0. The normalized spacial score (nSPS) is 14.5. The van der Waals surface area contributed by atoms with E-state index in [-0.39, 0.29) is 0 Å². The monoisotopic (exact) mass is 424 g/mol. The molecule has 0 radical (unpaired) electrons. The smallest absolute Gasteiger partial charge is 0.309 e. The molecule has 0 aliphatic heterocycles. The van der Waals surface area contributed by atoms with E-state index in [9.17, 15) is 9.90 Å². The van der Waals surface area contributed by atoms with Crippen molar-refractivity contribution in [3.8, 4) is 0 Å². The largest absolute Gasteiger partial charge is 0.481 e. The molecule has 0 rings (SSSR count). The fourth-order valence-electron chi connectivity index (χ4n) is 4.80. The molecule has 2 atom stereocenters. The van der Waals surface area contributed by atoms with Crippen LogP contribution in [0.25, 0.3) is 0 Å². The zero-order valence-electron chi connectivity index (χ0n) is 21.3. The minimum atomic E-state index is -0.583. The van der Waals surface area contributed by atoms with E-state index >= 15 is 0 Å². The topological polar surface area (TPSA) is 37.3 Å². The molecular formula is C28H56O2. The summed E-state index contributed by atoms with van der Waals surface area (Å²) in [5.74, 6) is -0.0606. The quantitative estimate of drug-likeness (QED) is 0.166. The van der Waals surface area contributed by atoms with Crippen LogP contribution < -0.4 is 0 Å². The summed E-state index contributed by atoms with van der Waals surface area (Å²) in [6, 6.07) is 0. The Morgan fingerprint density at radius 1 is 0.667 bits per heavy atom. The second-order valence-electron chi connectivity index (χ2n) is 10.4. The van der Waals surface area contributed by atoms with Crippen LogP contribution in [0.2, 0.25) is 0 Å². The second-order valence-corrected chi connectivity index (χ2v) is 10.4. The summed E-state index contributed by atoms with van der Waals surface area (Å²) < 4.78 is 0. The Morgan fingerprint density at radius 2 is 1.03 bits per heavy atom. The van der Waals surface area contributed by atoms with Crippen molar-refractivity contribution in [1.29, 1.82) is 0 Å². The molecule has 180 valence electrons. The van der Waals surface area contributed by atoms with Gasteiger partial charge in [-0.25, -0.2) is 0 Å². The highest BCUT2D eigenvalue weighted by atomic mass is 16.4. The number of hydrogen-bond donors (Lipinski definition) is 1. The summed E-state index contributed by atoms with van der Waals surface area (Å²) >= 11 is 0. The van der Waals surface area contributed by atoms with Crippen LogP contribution in [0.15, 0.2) is 0 Å². The Morgan fingerprint density at radius 3 is 1.43 bits per heavy atom. The maximum atomic E-state index is 11.9. The fourth-order valence-corrected chi connectivity index (χ4v) is 4.80. The van der Waals surface area contributed by atoms with E-state index in [1.807, 2.05) is 6.92 Å². The minimum absolute atomic E-state index is 0.522. The van der Waals surface area contributed by atoms with Gasteiger partial charge in [-0.15, -0.1) is 0 Å². The van der Waals surface area contributed by atoms with Crippen molar-refractivity contribution in [3.63, 3.8) is 0 Å². The molecule has 0 saturated heterocycles. The molecule has 0 saturated carbocycles. The first-order chi connectivity index (χ1) is 14.5. The van der Waals surface area contributed by atoms with Gasteiger partial charge in [0.25, 0.3) is 0 Å². The van der Waals surface area contributed by atoms with Crippen LogP contribution in [0, 0.1) is 11.3 Å². The van der Waals surface area contributed by atoms with Gasteiger partial charge in [-0.2, -0.15) is 0 Å². The van der Waals surface area contributed by atoms with Crippen molar-refractivity contribution in [2.45, 2.75) is 163 Å². The SMILES string of the molecule is CCCCCCCCCCCCC(C)CC(C)(CCCCCCCCCC)C(=O)O. The molecule has 2 unspecified atom stereocenters. The maximum absolute atomic E-state index is 11.9. The van der Waals surface area contributed by atoms with Gasteiger partial charge in [0.05, 0.1) is 5.41 Å². The number of aliphatic carboxylic acids is 1. The molecule has 0 amide bonds. The Balaban J connectivity index is 3.82. The highest BCUT2D eigenvalue weighted by Crippen LogP contribution is 2.34. The first-order valence-corrected chi connectivity index (χ1v) is 13.7. The van der Waals surface area contributed by atoms with Gasteiger partial charge in [0.1, 0.15) is 0 Å². The minimum Gasteiger partial charge on any atom is -0.481 e. The van der Waals surface area contributed by atoms with Crippen molar-refractivity contribution in [2.75, 3.05) is 0 Å². The van der Waals surface area contributed by atoms with Crippen molar-refractivity contribution in [1.82, 2.24) is 0 Å². The van der Waals surface area contributed by atoms with Crippen LogP contribution in [-0.2, 0) is 4.79 Å². The standard InChI is InChI=1S/C28H56O2/c1-5-7-9-11-13-15-16-17-19-21-23-26(3)25-28(4,27(29)30)24-22-20-18-14-12-10-8-6-2/h26H,5-25H2,1-4H3,(H,29,30). The zero-order chi connectivity index (χ0) is 22.5. The maximum Gasteiger partial charge on any atom is 0.309 e. The zero-order valence-corrected chi connectivity index (χ0v) is 21.3. The van der Waals surface area contributed by atoms with Crippen molar-refractivity contribution in [2.24, 2.45) is 11.3 Å². The highest BCUT2D eigenvalue weighted by molar-refractivity contribution is 5.74. The van der Waals surface area contributed by atoms with E-state index in [1.165, 1.54) is 116 Å². The molecule has 0 heterocycles. The van der Waals surface area contributed by atoms with Crippen LogP contribution in [-0.4, -0.2) is 11.1 Å². The summed E-state index contributed by atoms with van der Waals surface area (Å²) in [6.07, 6.45) is 26.8. The van der Waals surface area contributed by atoms with Crippen LogP contribution in [0.5, 0.6) is 0 Å². The lowest BCUT2D eigenvalue weighted by Gasteiger charge is -2.28. The fraction of sp³-hybridized carbons (Fsp3) is 0.964. The van der Waals surface area contributed by atoms with Gasteiger partial charge in [-0.05, 0) is 25.7 Å². The number of unbranched alkanes of at least 4 members (excludes halogenated alkanes) is 16. The molecule has 30 heavy (non-hydrogen) atoms. The van der Waals surface area contributed by atoms with E-state index < -0.39 is 11.4 Å². The molecule has 0 aromatic heterocycles. The number of hydrogen-bond acceptors (Lipinski definition) is 1. The van der Waals surface area contributed by atoms with Gasteiger partial charge < -0.3 is 5.11 Å². The predicted molar refractivity (Wildman–Crippen MR) is 133 cm³/mol. The molecule has 0 aliphatic rings. The summed E-state index contributed by atoms with van der Waals surface area (Å²) in [5, 5.41) is 9.83. The van der Waals surface area contributed by atoms with E-state index in [0.717, 1.165) is 19.3 Å². The van der Waals surface area contributed by atoms with Crippen LogP contribution in [0.1, 0.15) is 163 Å². The van der Waals surface area contributed by atoms with Crippen LogP contribution in [0.3, 0.4) is 0 Å². The number of carbonyl (C=O) groups is 1. The lowest BCUT2D eigenvalue weighted by atomic mass is 9.76. The molecule has 2 nitrogen and oxygen atoms in total. The Kier molecular flexibility index (Phi) is 20.0. The molecule has 0 fully saturated rings. The molecular weight excluding hydrogens is 368 g/mol. The van der Waals surface area contributed by atoms with E-state index in [1.54, 1.807) is 0 Å². The van der Waals surface area contributed by atoms with E-state index in [2.05, 4.69) is 20.8 Å². The third kappa shape index (κ3) is 17.2. The average Bonchev–Trinajstić information content (AvgIpc) is 2.71. The van der Waals surface area contributed by atoms with Gasteiger partial charge in [0, 0.05) is 0 Å². The first kappa shape index (κ1) is 29.5. The lowest BCUT2D eigenvalue weighted by molar-refractivity contribution is -0.149. The Hall–Kier alpha value is -0.530. The summed E-state index contributed by atoms with van der Waals surface area (Å²) in [5.41, 5.74) is -0.528. The molecule has 0 aromatic carbocycles. The molecule has 0 aromatic rings. The van der Waals surface area contributed by atoms with Crippen molar-refractivity contribution in [3.05, 3.63) is 0 Å². The molecule has 0 aliphatic carbocycles.